The lowest BCUT2D eigenvalue weighted by atomic mass is 10.1. The molecule has 182 valence electrons. The third-order valence-corrected chi connectivity index (χ3v) is 7.48. The number of carbonyl (C=O) groups excluding carboxylic acids is 2. The Morgan fingerprint density at radius 2 is 2.00 bits per heavy atom. The van der Waals surface area contributed by atoms with Crippen molar-refractivity contribution in [3.63, 3.8) is 0 Å². The number of amides is 2. The molecule has 1 saturated heterocycles. The highest BCUT2D eigenvalue weighted by Gasteiger charge is 2.35. The fourth-order valence-electron chi connectivity index (χ4n) is 4.22. The van der Waals surface area contributed by atoms with Crippen LogP contribution in [-0.2, 0) is 11.3 Å². The number of aromatic nitrogens is 3. The van der Waals surface area contributed by atoms with Crippen LogP contribution in [-0.4, -0.2) is 43.8 Å². The van der Waals surface area contributed by atoms with Crippen molar-refractivity contribution in [3.8, 4) is 0 Å². The Bertz CT molecular complexity index is 1260. The van der Waals surface area contributed by atoms with Gasteiger partial charge in [-0.05, 0) is 56.0 Å². The van der Waals surface area contributed by atoms with Crippen molar-refractivity contribution in [2.75, 3.05) is 17.6 Å². The van der Waals surface area contributed by atoms with Gasteiger partial charge in [0.1, 0.15) is 0 Å². The smallest absolute Gasteiger partial charge is 0.255 e. The Morgan fingerprint density at radius 3 is 2.77 bits per heavy atom. The maximum atomic E-state index is 13.3. The molecular formula is C26H28ClN5O2S. The summed E-state index contributed by atoms with van der Waals surface area (Å²) < 4.78 is 1.94. The monoisotopic (exact) mass is 509 g/mol. The van der Waals surface area contributed by atoms with Crippen LogP contribution >= 0.6 is 23.4 Å². The van der Waals surface area contributed by atoms with Crippen molar-refractivity contribution in [2.24, 2.45) is 0 Å². The Morgan fingerprint density at radius 1 is 1.20 bits per heavy atom. The maximum absolute atomic E-state index is 13.3. The van der Waals surface area contributed by atoms with E-state index in [-0.39, 0.29) is 23.6 Å². The van der Waals surface area contributed by atoms with Crippen LogP contribution in [0.3, 0.4) is 0 Å². The van der Waals surface area contributed by atoms with Crippen molar-refractivity contribution in [2.45, 2.75) is 44.4 Å². The molecule has 0 aliphatic carbocycles. The summed E-state index contributed by atoms with van der Waals surface area (Å²) in [6.45, 7) is 8.97. The summed E-state index contributed by atoms with van der Waals surface area (Å²) >= 11 is 7.61. The Kier molecular flexibility index (Phi) is 7.93. The molecule has 4 rings (SSSR count). The van der Waals surface area contributed by atoms with E-state index in [1.165, 1.54) is 11.8 Å². The first kappa shape index (κ1) is 25.0. The number of rotatable bonds is 8. The molecule has 3 aromatic rings. The zero-order chi connectivity index (χ0) is 24.9. The first-order valence-corrected chi connectivity index (χ1v) is 12.9. The number of nitrogens with zero attached hydrogens (tertiary/aromatic N) is 4. The number of anilines is 1. The van der Waals surface area contributed by atoms with Gasteiger partial charge in [0.2, 0.25) is 5.91 Å². The van der Waals surface area contributed by atoms with Crippen LogP contribution in [0.15, 0.2) is 60.3 Å². The fraction of sp³-hybridized carbons (Fsp3) is 0.308. The van der Waals surface area contributed by atoms with E-state index < -0.39 is 0 Å². The average molecular weight is 510 g/mol. The molecule has 2 aromatic carbocycles. The third-order valence-electron chi connectivity index (χ3n) is 6.18. The van der Waals surface area contributed by atoms with E-state index in [0.717, 1.165) is 29.7 Å². The Hall–Kier alpha value is -3.10. The van der Waals surface area contributed by atoms with Crippen LogP contribution in [0, 0.1) is 13.8 Å². The number of thioether (sulfide) groups is 1. The first-order valence-electron chi connectivity index (χ1n) is 11.5. The molecule has 1 aliphatic rings. The molecule has 2 heterocycles. The highest BCUT2D eigenvalue weighted by atomic mass is 35.5. The molecule has 0 bridgehead atoms. The number of hydrogen-bond acceptors (Lipinski definition) is 5. The van der Waals surface area contributed by atoms with Gasteiger partial charge in [-0.2, -0.15) is 0 Å². The lowest BCUT2D eigenvalue weighted by molar-refractivity contribution is -0.113. The molecule has 2 amide bonds. The van der Waals surface area contributed by atoms with E-state index >= 15 is 0 Å². The molecule has 9 heteroatoms. The van der Waals surface area contributed by atoms with E-state index in [9.17, 15) is 9.59 Å². The number of allylic oxidation sites excluding steroid dienone is 1. The predicted octanol–water partition coefficient (Wildman–Crippen LogP) is 5.44. The minimum Gasteiger partial charge on any atom is -0.328 e. The van der Waals surface area contributed by atoms with Gasteiger partial charge in [-0.3, -0.25) is 9.59 Å². The summed E-state index contributed by atoms with van der Waals surface area (Å²) in [5.74, 6) is 0.652. The van der Waals surface area contributed by atoms with E-state index in [0.29, 0.717) is 34.7 Å². The second kappa shape index (κ2) is 11.1. The molecular weight excluding hydrogens is 482 g/mol. The zero-order valence-corrected chi connectivity index (χ0v) is 21.4. The van der Waals surface area contributed by atoms with E-state index in [1.807, 2.05) is 47.6 Å². The highest BCUT2D eigenvalue weighted by Crippen LogP contribution is 2.35. The summed E-state index contributed by atoms with van der Waals surface area (Å²) in [7, 11) is 0. The number of halogens is 1. The second-order valence-electron chi connectivity index (χ2n) is 8.46. The number of aryl methyl sites for hydroxylation is 1. The number of hydrogen-bond donors (Lipinski definition) is 1. The molecule has 0 spiro atoms. The molecule has 1 aliphatic heterocycles. The van der Waals surface area contributed by atoms with Crippen LogP contribution in [0.5, 0.6) is 0 Å². The largest absolute Gasteiger partial charge is 0.328 e. The van der Waals surface area contributed by atoms with Crippen LogP contribution < -0.4 is 5.32 Å². The molecule has 1 aromatic heterocycles. The van der Waals surface area contributed by atoms with Gasteiger partial charge in [0.25, 0.3) is 5.91 Å². The van der Waals surface area contributed by atoms with Gasteiger partial charge < -0.3 is 14.8 Å². The van der Waals surface area contributed by atoms with Gasteiger partial charge in [-0.15, -0.1) is 16.8 Å². The van der Waals surface area contributed by atoms with Crippen molar-refractivity contribution in [3.05, 3.63) is 82.7 Å². The third kappa shape index (κ3) is 5.44. The SMILES string of the molecule is C=CCn1c(SCC(=O)Nc2cccc(C)c2C)nnc1C1CCCN1C(=O)c1ccccc1Cl. The van der Waals surface area contributed by atoms with Gasteiger partial charge in [0.05, 0.1) is 22.4 Å². The van der Waals surface area contributed by atoms with Gasteiger partial charge in [0, 0.05) is 18.8 Å². The summed E-state index contributed by atoms with van der Waals surface area (Å²) in [6.07, 6.45) is 3.41. The summed E-state index contributed by atoms with van der Waals surface area (Å²) in [5, 5.41) is 12.8. The number of nitrogens with one attached hydrogen (secondary N) is 1. The minimum absolute atomic E-state index is 0.116. The summed E-state index contributed by atoms with van der Waals surface area (Å²) in [5.41, 5.74) is 3.46. The number of benzene rings is 2. The van der Waals surface area contributed by atoms with Crippen molar-refractivity contribution in [1.29, 1.82) is 0 Å². The fourth-order valence-corrected chi connectivity index (χ4v) is 5.20. The summed E-state index contributed by atoms with van der Waals surface area (Å²) in [6, 6.07) is 12.7. The molecule has 0 radical (unpaired) electrons. The van der Waals surface area contributed by atoms with Crippen LogP contribution in [0.25, 0.3) is 0 Å². The molecule has 1 atom stereocenters. The molecule has 1 fully saturated rings. The number of carbonyl (C=O) groups is 2. The van der Waals surface area contributed by atoms with Crippen LogP contribution in [0.1, 0.15) is 46.2 Å². The van der Waals surface area contributed by atoms with Gasteiger partial charge in [-0.1, -0.05) is 53.7 Å². The number of likely N-dealkylation sites (tertiary alicyclic amines) is 1. The standard InChI is InChI=1S/C26H28ClN5O2S/c1-4-14-32-24(22-13-8-15-31(22)25(34)19-10-5-6-11-20(19)27)29-30-26(32)35-16-23(33)28-21-12-7-9-17(2)18(21)3/h4-7,9-12,22H,1,8,13-16H2,2-3H3,(H,28,33). The Balaban J connectivity index is 1.50. The predicted molar refractivity (Wildman–Crippen MR) is 140 cm³/mol. The summed E-state index contributed by atoms with van der Waals surface area (Å²) in [4.78, 5) is 27.7. The molecule has 1 unspecified atom stereocenters. The topological polar surface area (TPSA) is 80.1 Å². The minimum atomic E-state index is -0.218. The second-order valence-corrected chi connectivity index (χ2v) is 9.81. The molecule has 7 nitrogen and oxygen atoms in total. The van der Waals surface area contributed by atoms with Crippen molar-refractivity contribution >= 4 is 40.9 Å². The highest BCUT2D eigenvalue weighted by molar-refractivity contribution is 7.99. The molecule has 1 N–H and O–H groups in total. The lowest BCUT2D eigenvalue weighted by Gasteiger charge is -2.25. The van der Waals surface area contributed by atoms with E-state index in [1.54, 1.807) is 24.3 Å². The molecule has 0 saturated carbocycles. The first-order chi connectivity index (χ1) is 16.9. The van der Waals surface area contributed by atoms with Crippen LogP contribution in [0.4, 0.5) is 5.69 Å². The zero-order valence-electron chi connectivity index (χ0n) is 19.8. The van der Waals surface area contributed by atoms with Gasteiger partial charge >= 0.3 is 0 Å². The van der Waals surface area contributed by atoms with Crippen molar-refractivity contribution in [1.82, 2.24) is 19.7 Å². The van der Waals surface area contributed by atoms with E-state index in [4.69, 9.17) is 11.6 Å². The van der Waals surface area contributed by atoms with Crippen molar-refractivity contribution < 1.29 is 9.59 Å². The van der Waals surface area contributed by atoms with E-state index in [2.05, 4.69) is 22.1 Å². The van der Waals surface area contributed by atoms with Gasteiger partial charge in [-0.25, -0.2) is 0 Å². The molecule has 35 heavy (non-hydrogen) atoms. The quantitative estimate of drug-likeness (QED) is 0.323. The lowest BCUT2D eigenvalue weighted by Crippen LogP contribution is -2.32. The maximum Gasteiger partial charge on any atom is 0.255 e. The Labute approximate surface area is 214 Å². The van der Waals surface area contributed by atoms with Gasteiger partial charge in [0.15, 0.2) is 11.0 Å². The van der Waals surface area contributed by atoms with Crippen LogP contribution in [0.2, 0.25) is 5.02 Å². The average Bonchev–Trinajstić information content (AvgIpc) is 3.48. The normalized spacial score (nSPS) is 15.3.